The average Bonchev–Trinajstić information content (AvgIpc) is 3.41. The maximum Gasteiger partial charge on any atom is 0.471 e. The molecule has 3 aromatic carbocycles. The number of alkyl halides is 3. The van der Waals surface area contributed by atoms with Gasteiger partial charge in [-0.15, -0.1) is 0 Å². The van der Waals surface area contributed by atoms with Gasteiger partial charge in [0.1, 0.15) is 34.9 Å². The smallest absolute Gasteiger partial charge is 0.471 e. The molecule has 1 saturated heterocycles. The van der Waals surface area contributed by atoms with Crippen molar-refractivity contribution in [3.05, 3.63) is 129 Å². The van der Waals surface area contributed by atoms with Crippen molar-refractivity contribution in [2.45, 2.75) is 48.7 Å². The van der Waals surface area contributed by atoms with E-state index in [1.165, 1.54) is 27.5 Å². The average molecular weight is 714 g/mol. The third-order valence-corrected chi connectivity index (χ3v) is 8.91. The Labute approximate surface area is 290 Å². The molecule has 0 bridgehead atoms. The fraction of sp³-hybridized carbons (Fsp3) is 0.361. The molecule has 2 heterocycles. The van der Waals surface area contributed by atoms with E-state index in [9.17, 15) is 32.7 Å². The van der Waals surface area contributed by atoms with Gasteiger partial charge in [0.2, 0.25) is 0 Å². The number of aliphatic hydroxyl groups is 1. The van der Waals surface area contributed by atoms with Crippen molar-refractivity contribution < 1.29 is 46.8 Å². The Kier molecular flexibility index (Phi) is 11.3. The fourth-order valence-electron chi connectivity index (χ4n) is 6.31. The zero-order valence-corrected chi connectivity index (χ0v) is 28.0. The number of amides is 1. The van der Waals surface area contributed by atoms with Gasteiger partial charge in [0, 0.05) is 25.9 Å². The molecule has 12 nitrogen and oxygen atoms in total. The van der Waals surface area contributed by atoms with Gasteiger partial charge in [-0.3, -0.25) is 19.1 Å². The highest BCUT2D eigenvalue weighted by Crippen LogP contribution is 2.46. The minimum atomic E-state index is -5.09. The van der Waals surface area contributed by atoms with Crippen LogP contribution in [0.4, 0.5) is 13.2 Å². The molecule has 0 spiro atoms. The third kappa shape index (κ3) is 7.71. The summed E-state index contributed by atoms with van der Waals surface area (Å²) in [6.07, 6.45) is -8.18. The van der Waals surface area contributed by atoms with Crippen molar-refractivity contribution in [1.29, 1.82) is 0 Å². The lowest BCUT2D eigenvalue weighted by Crippen LogP contribution is -2.50. The van der Waals surface area contributed by atoms with E-state index in [1.807, 2.05) is 59.9 Å². The van der Waals surface area contributed by atoms with Gasteiger partial charge in [-0.1, -0.05) is 54.6 Å². The summed E-state index contributed by atoms with van der Waals surface area (Å²) in [5.41, 5.74) is -2.65. The van der Waals surface area contributed by atoms with Crippen LogP contribution in [0.25, 0.3) is 0 Å². The van der Waals surface area contributed by atoms with Gasteiger partial charge in [-0.2, -0.15) is 13.2 Å². The summed E-state index contributed by atoms with van der Waals surface area (Å²) in [4.78, 5) is 38.5. The third-order valence-electron chi connectivity index (χ3n) is 8.91. The number of ether oxygens (including phenoxy) is 5. The maximum absolute atomic E-state index is 13.0. The predicted molar refractivity (Wildman–Crippen MR) is 178 cm³/mol. The Morgan fingerprint density at radius 1 is 0.902 bits per heavy atom. The fourth-order valence-corrected chi connectivity index (χ4v) is 6.31. The first kappa shape index (κ1) is 37.3. The van der Waals surface area contributed by atoms with E-state index in [2.05, 4.69) is 4.98 Å². The highest BCUT2D eigenvalue weighted by molar-refractivity contribution is 5.81. The zero-order chi connectivity index (χ0) is 36.8. The first-order valence-corrected chi connectivity index (χ1v) is 15.9. The zero-order valence-electron chi connectivity index (χ0n) is 28.0. The molecule has 5 rings (SSSR count). The SMILES string of the molecule is COc1ccc(C(OC[C@@]2(CCCNC(=O)C(F)(F)F)O[C@@H](n3ccc(=O)[nH]c3=O)[C@H](OC)[C@@H]2O)(c2ccccc2)c2ccc(OC)cc2)cc1. The number of aliphatic hydroxyl groups excluding tert-OH is 1. The predicted octanol–water partition coefficient (Wildman–Crippen LogP) is 3.66. The molecule has 4 atom stereocenters. The number of benzene rings is 3. The Morgan fingerprint density at radius 2 is 1.47 bits per heavy atom. The molecular formula is C36H38F3N3O9. The summed E-state index contributed by atoms with van der Waals surface area (Å²) in [5.74, 6) is -0.950. The van der Waals surface area contributed by atoms with Crippen LogP contribution in [0.15, 0.2) is 101 Å². The lowest BCUT2D eigenvalue weighted by Gasteiger charge is -2.40. The van der Waals surface area contributed by atoms with Crippen molar-refractivity contribution >= 4 is 5.91 Å². The molecular weight excluding hydrogens is 675 g/mol. The number of aromatic nitrogens is 2. The molecule has 1 aliphatic rings. The molecule has 0 radical (unpaired) electrons. The van der Waals surface area contributed by atoms with Crippen molar-refractivity contribution in [2.24, 2.45) is 0 Å². The van der Waals surface area contributed by atoms with E-state index in [4.69, 9.17) is 23.7 Å². The molecule has 1 fully saturated rings. The summed E-state index contributed by atoms with van der Waals surface area (Å²) in [5, 5.41) is 13.8. The number of carbonyl (C=O) groups excluding carboxylic acids is 1. The van der Waals surface area contributed by atoms with Crippen LogP contribution in [-0.4, -0.2) is 79.0 Å². The topological polar surface area (TPSA) is 150 Å². The van der Waals surface area contributed by atoms with Crippen molar-refractivity contribution in [3.63, 3.8) is 0 Å². The maximum atomic E-state index is 13.0. The standard InChI is InChI=1S/C36H38F3N3O9/c1-47-26-14-10-24(11-15-26)35(23-8-5-4-6-9-23,25-12-16-27(48-2)17-13-25)50-22-34(19-7-20-40-32(45)36(37,38)39)30(44)29(49-3)31(51-34)42-21-18-28(43)41-33(42)46/h4-6,8-18,21,29-31,44H,7,19-20,22H2,1-3H3,(H,40,45)(H,41,43,46)/t29-,30+,31-,34-/m1/s1. The van der Waals surface area contributed by atoms with Gasteiger partial charge >= 0.3 is 17.8 Å². The van der Waals surface area contributed by atoms with Crippen LogP contribution in [-0.2, 0) is 24.6 Å². The molecule has 272 valence electrons. The van der Waals surface area contributed by atoms with Crippen LogP contribution in [0.3, 0.4) is 0 Å². The number of hydrogen-bond acceptors (Lipinski definition) is 9. The van der Waals surface area contributed by atoms with E-state index in [0.29, 0.717) is 28.2 Å². The summed E-state index contributed by atoms with van der Waals surface area (Å²) in [6.45, 7) is -0.819. The van der Waals surface area contributed by atoms with E-state index >= 15 is 0 Å². The molecule has 3 N–H and O–H groups in total. The number of methoxy groups -OCH3 is 3. The number of halogens is 3. The Hall–Kier alpha value is -4.96. The molecule has 0 aliphatic carbocycles. The van der Waals surface area contributed by atoms with Crippen LogP contribution in [0, 0.1) is 0 Å². The quantitative estimate of drug-likeness (QED) is 0.132. The van der Waals surface area contributed by atoms with Crippen molar-refractivity contribution in [3.8, 4) is 11.5 Å². The molecule has 0 unspecified atom stereocenters. The number of H-pyrrole nitrogens is 1. The molecule has 1 amide bonds. The van der Waals surface area contributed by atoms with Crippen LogP contribution in [0.2, 0.25) is 0 Å². The Morgan fingerprint density at radius 3 is 1.98 bits per heavy atom. The minimum absolute atomic E-state index is 0.102. The molecule has 0 saturated carbocycles. The molecule has 15 heteroatoms. The summed E-state index contributed by atoms with van der Waals surface area (Å²) in [7, 11) is 4.37. The molecule has 1 aromatic heterocycles. The van der Waals surface area contributed by atoms with E-state index < -0.39 is 66.1 Å². The second-order valence-corrected chi connectivity index (χ2v) is 11.9. The Balaban J connectivity index is 1.63. The van der Waals surface area contributed by atoms with Gasteiger partial charge < -0.3 is 34.1 Å². The first-order valence-electron chi connectivity index (χ1n) is 15.9. The lowest BCUT2D eigenvalue weighted by molar-refractivity contribution is -0.174. The van der Waals surface area contributed by atoms with Crippen LogP contribution in [0.5, 0.6) is 11.5 Å². The van der Waals surface area contributed by atoms with Crippen LogP contribution in [0.1, 0.15) is 35.8 Å². The number of hydrogen-bond donors (Lipinski definition) is 3. The summed E-state index contributed by atoms with van der Waals surface area (Å²) >= 11 is 0. The lowest BCUT2D eigenvalue weighted by atomic mass is 9.79. The van der Waals surface area contributed by atoms with Crippen LogP contribution >= 0.6 is 0 Å². The normalized spacial score (nSPS) is 20.6. The van der Waals surface area contributed by atoms with Gasteiger partial charge in [0.05, 0.1) is 20.8 Å². The van der Waals surface area contributed by atoms with E-state index in [1.54, 1.807) is 24.3 Å². The molecule has 1 aliphatic heterocycles. The van der Waals surface area contributed by atoms with Gasteiger partial charge in [0.25, 0.3) is 5.56 Å². The second-order valence-electron chi connectivity index (χ2n) is 11.9. The van der Waals surface area contributed by atoms with Gasteiger partial charge in [-0.05, 0) is 53.8 Å². The van der Waals surface area contributed by atoms with Crippen LogP contribution < -0.4 is 26.0 Å². The second kappa shape index (κ2) is 15.5. The monoisotopic (exact) mass is 713 g/mol. The number of nitrogens with zero attached hydrogens (tertiary/aromatic N) is 1. The van der Waals surface area contributed by atoms with E-state index in [0.717, 1.165) is 10.6 Å². The highest BCUT2D eigenvalue weighted by atomic mass is 19.4. The largest absolute Gasteiger partial charge is 0.497 e. The van der Waals surface area contributed by atoms with E-state index in [-0.39, 0.29) is 12.8 Å². The minimum Gasteiger partial charge on any atom is -0.497 e. The van der Waals surface area contributed by atoms with Gasteiger partial charge in [0.15, 0.2) is 6.23 Å². The van der Waals surface area contributed by atoms with Gasteiger partial charge in [-0.25, -0.2) is 4.79 Å². The summed E-state index contributed by atoms with van der Waals surface area (Å²) < 4.78 is 69.9. The molecule has 4 aromatic rings. The summed E-state index contributed by atoms with van der Waals surface area (Å²) in [6, 6.07) is 24.7. The van der Waals surface area contributed by atoms with Crippen molar-refractivity contribution in [2.75, 3.05) is 34.5 Å². The first-order chi connectivity index (χ1) is 24.4. The Bertz CT molecular complexity index is 1840. The number of rotatable bonds is 14. The number of carbonyl (C=O) groups is 1. The molecule has 51 heavy (non-hydrogen) atoms. The number of nitrogens with one attached hydrogen (secondary N) is 2. The van der Waals surface area contributed by atoms with Crippen molar-refractivity contribution in [1.82, 2.24) is 14.9 Å². The number of aromatic amines is 1. The highest BCUT2D eigenvalue weighted by Gasteiger charge is 2.57.